The van der Waals surface area contributed by atoms with Gasteiger partial charge < -0.3 is 10.6 Å². The molecule has 0 aliphatic carbocycles. The maximum Gasteiger partial charge on any atom is 0.191 e. The molecule has 1 aromatic carbocycles. The Morgan fingerprint density at radius 3 is 2.79 bits per heavy atom. The molecule has 2 atom stereocenters. The maximum atomic E-state index is 4.74. The van der Waals surface area contributed by atoms with E-state index in [1.165, 1.54) is 11.1 Å². The number of hydrogen-bond acceptors (Lipinski definition) is 3. The summed E-state index contributed by atoms with van der Waals surface area (Å²) in [6.07, 6.45) is 6.22. The molecule has 1 fully saturated rings. The van der Waals surface area contributed by atoms with Gasteiger partial charge in [-0.1, -0.05) is 30.3 Å². The number of benzene rings is 1. The highest BCUT2D eigenvalue weighted by Gasteiger charge is 2.25. The topological polar surface area (TPSA) is 57.5 Å². The van der Waals surface area contributed by atoms with Crippen LogP contribution in [0.4, 0.5) is 0 Å². The van der Waals surface area contributed by atoms with Gasteiger partial charge >= 0.3 is 0 Å². The standard InChI is InChI=1S/C22H34N6/c1-4-23-22(24-11-13-28-16-18(2)15-25-28)26-21-10-12-27(19(3)14-21)17-20-8-6-5-7-9-20/h5-9,15-16,19,21H,4,10-14,17H2,1-3H3,(H2,23,24,26). The number of piperidine rings is 1. The molecule has 0 saturated carbocycles. The van der Waals surface area contributed by atoms with Crippen molar-refractivity contribution in [2.24, 2.45) is 4.99 Å². The van der Waals surface area contributed by atoms with Crippen LogP contribution in [0.5, 0.6) is 0 Å². The summed E-state index contributed by atoms with van der Waals surface area (Å²) in [5.41, 5.74) is 2.58. The van der Waals surface area contributed by atoms with Gasteiger partial charge in [0, 0.05) is 37.9 Å². The number of guanidine groups is 1. The van der Waals surface area contributed by atoms with Gasteiger partial charge in [0.1, 0.15) is 0 Å². The summed E-state index contributed by atoms with van der Waals surface area (Å²) in [5.74, 6) is 0.917. The van der Waals surface area contributed by atoms with E-state index >= 15 is 0 Å². The van der Waals surface area contributed by atoms with Gasteiger partial charge in [-0.05, 0) is 44.7 Å². The molecule has 0 spiro atoms. The molecule has 0 amide bonds. The van der Waals surface area contributed by atoms with E-state index in [-0.39, 0.29) is 0 Å². The van der Waals surface area contributed by atoms with Crippen LogP contribution in [0.1, 0.15) is 37.8 Å². The van der Waals surface area contributed by atoms with Crippen LogP contribution in [0.3, 0.4) is 0 Å². The van der Waals surface area contributed by atoms with E-state index in [4.69, 9.17) is 4.99 Å². The molecule has 6 nitrogen and oxygen atoms in total. The first-order chi connectivity index (χ1) is 13.6. The smallest absolute Gasteiger partial charge is 0.191 e. The molecule has 3 rings (SSSR count). The zero-order valence-corrected chi connectivity index (χ0v) is 17.4. The molecule has 2 N–H and O–H groups in total. The molecule has 28 heavy (non-hydrogen) atoms. The minimum atomic E-state index is 0.465. The van der Waals surface area contributed by atoms with Crippen LogP contribution in [0.2, 0.25) is 0 Å². The van der Waals surface area contributed by atoms with Gasteiger partial charge in [0.25, 0.3) is 0 Å². The average Bonchev–Trinajstić information content (AvgIpc) is 3.10. The Balaban J connectivity index is 1.49. The predicted octanol–water partition coefficient (Wildman–Crippen LogP) is 2.80. The number of aryl methyl sites for hydroxylation is 1. The second-order valence-electron chi connectivity index (χ2n) is 7.71. The lowest BCUT2D eigenvalue weighted by Crippen LogP contribution is -2.51. The van der Waals surface area contributed by atoms with Crippen LogP contribution in [0.25, 0.3) is 0 Å². The Labute approximate surface area is 169 Å². The van der Waals surface area contributed by atoms with Gasteiger partial charge in [-0.3, -0.25) is 14.6 Å². The van der Waals surface area contributed by atoms with Crippen molar-refractivity contribution in [1.29, 1.82) is 0 Å². The van der Waals surface area contributed by atoms with E-state index < -0.39 is 0 Å². The fourth-order valence-electron chi connectivity index (χ4n) is 3.77. The van der Waals surface area contributed by atoms with Crippen LogP contribution in [-0.2, 0) is 13.1 Å². The van der Waals surface area contributed by atoms with Gasteiger partial charge in [-0.2, -0.15) is 5.10 Å². The van der Waals surface area contributed by atoms with Crippen LogP contribution in [0, 0.1) is 6.92 Å². The number of aliphatic imine (C=N–C) groups is 1. The molecule has 1 aromatic heterocycles. The van der Waals surface area contributed by atoms with Crippen molar-refractivity contribution >= 4 is 5.96 Å². The molecule has 152 valence electrons. The van der Waals surface area contributed by atoms with E-state index in [2.05, 4.69) is 77.9 Å². The summed E-state index contributed by atoms with van der Waals surface area (Å²) in [6, 6.07) is 11.8. The van der Waals surface area contributed by atoms with Gasteiger partial charge in [-0.15, -0.1) is 0 Å². The van der Waals surface area contributed by atoms with E-state index in [0.717, 1.165) is 51.5 Å². The Hall–Kier alpha value is -2.34. The summed E-state index contributed by atoms with van der Waals surface area (Å²) >= 11 is 0. The van der Waals surface area contributed by atoms with Gasteiger partial charge in [0.05, 0.1) is 19.3 Å². The number of nitrogens with one attached hydrogen (secondary N) is 2. The molecule has 0 bridgehead atoms. The second-order valence-corrected chi connectivity index (χ2v) is 7.71. The third-order valence-electron chi connectivity index (χ3n) is 5.29. The highest BCUT2D eigenvalue weighted by molar-refractivity contribution is 5.80. The number of rotatable bonds is 7. The van der Waals surface area contributed by atoms with Gasteiger partial charge in [0.15, 0.2) is 5.96 Å². The zero-order chi connectivity index (χ0) is 19.8. The molecule has 2 aromatic rings. The lowest BCUT2D eigenvalue weighted by atomic mass is 9.97. The largest absolute Gasteiger partial charge is 0.357 e. The lowest BCUT2D eigenvalue weighted by molar-refractivity contribution is 0.134. The van der Waals surface area contributed by atoms with E-state index in [9.17, 15) is 0 Å². The molecular weight excluding hydrogens is 348 g/mol. The zero-order valence-electron chi connectivity index (χ0n) is 17.4. The van der Waals surface area contributed by atoms with E-state index in [1.807, 2.05) is 10.9 Å². The second kappa shape index (κ2) is 10.3. The quantitative estimate of drug-likeness (QED) is 0.571. The molecule has 2 unspecified atom stereocenters. The summed E-state index contributed by atoms with van der Waals surface area (Å²) in [5, 5.41) is 11.4. The maximum absolute atomic E-state index is 4.74. The minimum absolute atomic E-state index is 0.465. The monoisotopic (exact) mass is 382 g/mol. The van der Waals surface area contributed by atoms with E-state index in [1.54, 1.807) is 0 Å². The lowest BCUT2D eigenvalue weighted by Gasteiger charge is -2.38. The average molecular weight is 383 g/mol. The SMILES string of the molecule is CCNC(=NCCn1cc(C)cn1)NC1CCN(Cc2ccccc2)C(C)C1. The molecule has 1 saturated heterocycles. The summed E-state index contributed by atoms with van der Waals surface area (Å²) in [6.45, 7) is 11.0. The van der Waals surface area contributed by atoms with Gasteiger partial charge in [0.2, 0.25) is 0 Å². The normalized spacial score (nSPS) is 20.9. The molecule has 1 aliphatic rings. The molecule has 1 aliphatic heterocycles. The number of hydrogen-bond donors (Lipinski definition) is 2. The molecule has 0 radical (unpaired) electrons. The molecular formula is C22H34N6. The predicted molar refractivity (Wildman–Crippen MR) is 115 cm³/mol. The van der Waals surface area contributed by atoms with Crippen molar-refractivity contribution in [3.05, 3.63) is 53.9 Å². The number of nitrogens with zero attached hydrogens (tertiary/aromatic N) is 4. The van der Waals surface area contributed by atoms with Gasteiger partial charge in [-0.25, -0.2) is 0 Å². The minimum Gasteiger partial charge on any atom is -0.357 e. The van der Waals surface area contributed by atoms with E-state index in [0.29, 0.717) is 12.1 Å². The highest BCUT2D eigenvalue weighted by Crippen LogP contribution is 2.19. The third-order valence-corrected chi connectivity index (χ3v) is 5.29. The van der Waals surface area contributed by atoms with Crippen LogP contribution in [-0.4, -0.2) is 52.4 Å². The third kappa shape index (κ3) is 6.09. The van der Waals surface area contributed by atoms with Crippen molar-refractivity contribution in [3.63, 3.8) is 0 Å². The first-order valence-electron chi connectivity index (χ1n) is 10.5. The Morgan fingerprint density at radius 1 is 1.29 bits per heavy atom. The first kappa shape index (κ1) is 20.4. The van der Waals surface area contributed by atoms with Crippen LogP contribution < -0.4 is 10.6 Å². The Kier molecular flexibility index (Phi) is 7.48. The first-order valence-corrected chi connectivity index (χ1v) is 10.5. The summed E-state index contributed by atoms with van der Waals surface area (Å²) in [7, 11) is 0. The summed E-state index contributed by atoms with van der Waals surface area (Å²) < 4.78 is 1.95. The van der Waals surface area contributed by atoms with Crippen molar-refractivity contribution in [1.82, 2.24) is 25.3 Å². The Bertz CT molecular complexity index is 738. The van der Waals surface area contributed by atoms with Crippen LogP contribution in [0.15, 0.2) is 47.7 Å². The fourth-order valence-corrected chi connectivity index (χ4v) is 3.77. The molecule has 2 heterocycles. The van der Waals surface area contributed by atoms with Crippen molar-refractivity contribution in [2.45, 2.75) is 58.8 Å². The van der Waals surface area contributed by atoms with Crippen molar-refractivity contribution in [2.75, 3.05) is 19.6 Å². The van der Waals surface area contributed by atoms with Crippen LogP contribution >= 0.6 is 0 Å². The highest BCUT2D eigenvalue weighted by atomic mass is 15.3. The molecule has 6 heteroatoms. The number of likely N-dealkylation sites (tertiary alicyclic amines) is 1. The number of aromatic nitrogens is 2. The van der Waals surface area contributed by atoms with Crippen molar-refractivity contribution in [3.8, 4) is 0 Å². The Morgan fingerprint density at radius 2 is 2.11 bits per heavy atom. The fraction of sp³-hybridized carbons (Fsp3) is 0.545. The van der Waals surface area contributed by atoms with Crippen molar-refractivity contribution < 1.29 is 0 Å². The summed E-state index contributed by atoms with van der Waals surface area (Å²) in [4.78, 5) is 7.32.